The van der Waals surface area contributed by atoms with Crippen LogP contribution < -0.4 is 4.74 Å². The van der Waals surface area contributed by atoms with Gasteiger partial charge in [0.15, 0.2) is 11.6 Å². The van der Waals surface area contributed by atoms with Crippen molar-refractivity contribution in [2.24, 2.45) is 7.05 Å². The molecule has 0 fully saturated rings. The first-order valence-electron chi connectivity index (χ1n) is 8.74. The van der Waals surface area contributed by atoms with Crippen molar-refractivity contribution in [2.75, 3.05) is 7.11 Å². The van der Waals surface area contributed by atoms with Crippen molar-refractivity contribution in [3.63, 3.8) is 0 Å². The van der Waals surface area contributed by atoms with Gasteiger partial charge in [-0.2, -0.15) is 8.78 Å². The van der Waals surface area contributed by atoms with E-state index in [1.807, 2.05) is 0 Å². The molecule has 148 valence electrons. The number of benzene rings is 2. The number of rotatable bonds is 5. The Labute approximate surface area is 164 Å². The molecule has 0 amide bonds. The maximum absolute atomic E-state index is 13.8. The van der Waals surface area contributed by atoms with Gasteiger partial charge >= 0.3 is 6.55 Å². The van der Waals surface area contributed by atoms with Crippen molar-refractivity contribution in [1.29, 1.82) is 0 Å². The number of phenols is 1. The summed E-state index contributed by atoms with van der Waals surface area (Å²) in [4.78, 5) is 17.3. The quantitative estimate of drug-likeness (QED) is 0.508. The van der Waals surface area contributed by atoms with Gasteiger partial charge in [-0.25, -0.2) is 4.98 Å². The first-order valence-corrected chi connectivity index (χ1v) is 8.74. The number of hydrogen-bond acceptors (Lipinski definition) is 4. The summed E-state index contributed by atoms with van der Waals surface area (Å²) in [6.45, 7) is -2.80. The van der Waals surface area contributed by atoms with Crippen LogP contribution >= 0.6 is 0 Å². The fourth-order valence-corrected chi connectivity index (χ4v) is 3.31. The molecule has 4 aromatic rings. The molecule has 2 aromatic heterocycles. The van der Waals surface area contributed by atoms with Crippen LogP contribution in [0, 0.1) is 0 Å². The van der Waals surface area contributed by atoms with Crippen LogP contribution in [0.15, 0.2) is 54.7 Å². The van der Waals surface area contributed by atoms with Crippen molar-refractivity contribution in [1.82, 2.24) is 14.1 Å². The Morgan fingerprint density at radius 1 is 1.17 bits per heavy atom. The molecule has 0 radical (unpaired) electrons. The van der Waals surface area contributed by atoms with Gasteiger partial charge in [-0.3, -0.25) is 9.36 Å². The minimum absolute atomic E-state index is 0.0533. The van der Waals surface area contributed by atoms with E-state index in [1.165, 1.54) is 37.6 Å². The van der Waals surface area contributed by atoms with Crippen LogP contribution in [0.2, 0.25) is 0 Å². The van der Waals surface area contributed by atoms with Crippen molar-refractivity contribution in [3.05, 3.63) is 65.9 Å². The summed E-state index contributed by atoms with van der Waals surface area (Å²) in [5, 5.41) is 10.1. The second kappa shape index (κ2) is 7.05. The van der Waals surface area contributed by atoms with E-state index in [-0.39, 0.29) is 22.7 Å². The third kappa shape index (κ3) is 3.12. The monoisotopic (exact) mass is 397 g/mol. The molecule has 0 atom stereocenters. The molecular weight excluding hydrogens is 380 g/mol. The molecule has 0 unspecified atom stereocenters. The maximum atomic E-state index is 13.8. The Kier molecular flexibility index (Phi) is 4.54. The average Bonchev–Trinajstić information content (AvgIpc) is 3.28. The number of imidazole rings is 1. The van der Waals surface area contributed by atoms with Crippen LogP contribution in [0.1, 0.15) is 22.5 Å². The number of nitrogens with zero attached hydrogens (tertiary/aromatic N) is 3. The molecule has 0 aliphatic heterocycles. The smallest absolute Gasteiger partial charge is 0.320 e. The minimum atomic E-state index is -2.80. The summed E-state index contributed by atoms with van der Waals surface area (Å²) >= 11 is 0. The van der Waals surface area contributed by atoms with Crippen molar-refractivity contribution in [3.8, 4) is 23.0 Å². The van der Waals surface area contributed by atoms with Gasteiger partial charge in [-0.1, -0.05) is 12.1 Å². The van der Waals surface area contributed by atoms with Gasteiger partial charge in [-0.05, 0) is 36.4 Å². The molecule has 1 N–H and O–H groups in total. The standard InChI is InChI=1S/C21H17F2N3O3/c1-25-11-12(19(28)14-10-13(29-2)7-8-18(14)27)9-17(25)20-24-15-5-3-4-6-16(15)26(20)21(22)23/h3-11,21,27H,1-2H3. The Balaban J connectivity index is 1.83. The molecule has 6 nitrogen and oxygen atoms in total. The fourth-order valence-electron chi connectivity index (χ4n) is 3.31. The molecule has 0 aliphatic rings. The van der Waals surface area contributed by atoms with Crippen molar-refractivity contribution >= 4 is 16.8 Å². The molecule has 2 heterocycles. The molecular formula is C21H17F2N3O3. The molecule has 4 rings (SSSR count). The summed E-state index contributed by atoms with van der Waals surface area (Å²) in [6, 6.07) is 12.4. The third-order valence-electron chi connectivity index (χ3n) is 4.74. The number of alkyl halides is 2. The highest BCUT2D eigenvalue weighted by atomic mass is 19.3. The van der Waals surface area contributed by atoms with Gasteiger partial charge in [0, 0.05) is 18.8 Å². The number of aryl methyl sites for hydroxylation is 1. The van der Waals surface area contributed by atoms with Gasteiger partial charge in [0.1, 0.15) is 11.5 Å². The number of halogens is 2. The van der Waals surface area contributed by atoms with Crippen molar-refractivity contribution in [2.45, 2.75) is 6.55 Å². The molecule has 0 saturated carbocycles. The van der Waals surface area contributed by atoms with Gasteiger partial charge < -0.3 is 14.4 Å². The Morgan fingerprint density at radius 3 is 2.66 bits per heavy atom. The second-order valence-electron chi connectivity index (χ2n) is 6.51. The number of carbonyl (C=O) groups is 1. The number of phenolic OH excluding ortho intramolecular Hbond substituents is 1. The molecule has 8 heteroatoms. The zero-order valence-corrected chi connectivity index (χ0v) is 15.6. The lowest BCUT2D eigenvalue weighted by Crippen LogP contribution is -2.03. The topological polar surface area (TPSA) is 69.3 Å². The van der Waals surface area contributed by atoms with E-state index in [1.54, 1.807) is 35.9 Å². The summed E-state index contributed by atoms with van der Waals surface area (Å²) < 4.78 is 35.0. The summed E-state index contributed by atoms with van der Waals surface area (Å²) in [6.07, 6.45) is 1.52. The summed E-state index contributed by atoms with van der Waals surface area (Å²) in [5.41, 5.74) is 1.38. The predicted octanol–water partition coefficient (Wildman–Crippen LogP) is 4.38. The highest BCUT2D eigenvalue weighted by Crippen LogP contribution is 2.32. The number of hydrogen-bond donors (Lipinski definition) is 1. The number of ketones is 1. The first kappa shape index (κ1) is 18.7. The molecule has 0 aliphatic carbocycles. The van der Waals surface area contributed by atoms with E-state index < -0.39 is 12.3 Å². The summed E-state index contributed by atoms with van der Waals surface area (Å²) in [5.74, 6) is -0.177. The Morgan fingerprint density at radius 2 is 1.93 bits per heavy atom. The van der Waals surface area contributed by atoms with Crippen LogP contribution in [-0.2, 0) is 7.05 Å². The Bertz CT molecular complexity index is 1230. The van der Waals surface area contributed by atoms with Crippen LogP contribution in [-0.4, -0.2) is 32.1 Å². The SMILES string of the molecule is COc1ccc(O)c(C(=O)c2cc(-c3nc4ccccc4n3C(F)F)n(C)c2)c1. The van der Waals surface area contributed by atoms with Crippen molar-refractivity contribution < 1.29 is 23.4 Å². The van der Waals surface area contributed by atoms with Crippen LogP contribution in [0.5, 0.6) is 11.5 Å². The third-order valence-corrected chi connectivity index (χ3v) is 4.74. The largest absolute Gasteiger partial charge is 0.507 e. The molecule has 0 bridgehead atoms. The van der Waals surface area contributed by atoms with Crippen LogP contribution in [0.25, 0.3) is 22.6 Å². The molecule has 0 saturated heterocycles. The average molecular weight is 397 g/mol. The maximum Gasteiger partial charge on any atom is 0.320 e. The number of fused-ring (bicyclic) bond motifs is 1. The molecule has 29 heavy (non-hydrogen) atoms. The van der Waals surface area contributed by atoms with E-state index in [0.29, 0.717) is 22.5 Å². The highest BCUT2D eigenvalue weighted by molar-refractivity contribution is 6.11. The Hall–Kier alpha value is -3.68. The minimum Gasteiger partial charge on any atom is -0.507 e. The number of para-hydroxylation sites is 2. The van der Waals surface area contributed by atoms with Gasteiger partial charge in [-0.15, -0.1) is 0 Å². The highest BCUT2D eigenvalue weighted by Gasteiger charge is 2.23. The molecule has 2 aromatic carbocycles. The number of carbonyl (C=O) groups excluding carboxylic acids is 1. The zero-order valence-electron chi connectivity index (χ0n) is 15.6. The van der Waals surface area contributed by atoms with Gasteiger partial charge in [0.25, 0.3) is 0 Å². The van der Waals surface area contributed by atoms with E-state index >= 15 is 0 Å². The zero-order chi connectivity index (χ0) is 20.7. The normalized spacial score (nSPS) is 11.3. The number of methoxy groups -OCH3 is 1. The predicted molar refractivity (Wildman–Crippen MR) is 103 cm³/mol. The van der Waals surface area contributed by atoms with Gasteiger partial charge in [0.2, 0.25) is 0 Å². The van der Waals surface area contributed by atoms with E-state index in [2.05, 4.69) is 4.98 Å². The van der Waals surface area contributed by atoms with E-state index in [4.69, 9.17) is 4.74 Å². The lowest BCUT2D eigenvalue weighted by molar-refractivity contribution is 0.0763. The lowest BCUT2D eigenvalue weighted by atomic mass is 10.0. The molecule has 0 spiro atoms. The number of aromatic hydroxyl groups is 1. The lowest BCUT2D eigenvalue weighted by Gasteiger charge is -2.08. The summed E-state index contributed by atoms with van der Waals surface area (Å²) in [7, 11) is 3.10. The van der Waals surface area contributed by atoms with Gasteiger partial charge in [0.05, 0.1) is 29.4 Å². The number of ether oxygens (including phenoxy) is 1. The van der Waals surface area contributed by atoms with Crippen LogP contribution in [0.4, 0.5) is 8.78 Å². The van der Waals surface area contributed by atoms with E-state index in [0.717, 1.165) is 4.57 Å². The van der Waals surface area contributed by atoms with E-state index in [9.17, 15) is 18.7 Å². The first-order chi connectivity index (χ1) is 13.9. The number of aromatic nitrogens is 3. The van der Waals surface area contributed by atoms with Crippen LogP contribution in [0.3, 0.4) is 0 Å². The second-order valence-corrected chi connectivity index (χ2v) is 6.51. The fraction of sp³-hybridized carbons (Fsp3) is 0.143.